The average molecular weight is 483 g/mol. The Kier molecular flexibility index (Phi) is 14.8. The van der Waals surface area contributed by atoms with Crippen LogP contribution in [-0.4, -0.2) is 40.1 Å². The molecular formula is C26H37LiO6P+. The van der Waals surface area contributed by atoms with E-state index in [-0.39, 0.29) is 33.0 Å². The molecule has 2 rings (SSSR count). The molecule has 0 aliphatic heterocycles. The molecule has 182 valence electrons. The molecule has 0 fully saturated rings. The summed E-state index contributed by atoms with van der Waals surface area (Å²) in [5, 5.41) is 0.831. The van der Waals surface area contributed by atoms with Crippen molar-refractivity contribution >= 4 is 19.4 Å². The Morgan fingerprint density at radius 3 is 1.82 bits per heavy atom. The second-order valence-electron chi connectivity index (χ2n) is 7.63. The molecule has 0 aliphatic carbocycles. The van der Waals surface area contributed by atoms with E-state index in [0.29, 0.717) is 41.8 Å². The van der Waals surface area contributed by atoms with Crippen LogP contribution in [0.2, 0.25) is 0 Å². The summed E-state index contributed by atoms with van der Waals surface area (Å²) in [6, 6.07) is 9.10. The molecule has 2 aromatic carbocycles. The molecule has 0 N–H and O–H groups in total. The first kappa shape index (κ1) is 30.2. The van der Waals surface area contributed by atoms with Crippen LogP contribution in [-0.2, 0) is 0 Å². The van der Waals surface area contributed by atoms with Gasteiger partial charge in [0, 0.05) is 23.5 Å². The number of benzene rings is 2. The van der Waals surface area contributed by atoms with E-state index in [1.54, 1.807) is 19.2 Å². The van der Waals surface area contributed by atoms with Crippen LogP contribution < -0.4 is 47.8 Å². The smallest absolute Gasteiger partial charge is 0.496 e. The van der Waals surface area contributed by atoms with Gasteiger partial charge in [-0.25, -0.2) is 0 Å². The standard InChI is InChI=1S/C26H37O6P.Li/c1-6-8-10-14-31-19-12-13-24(21(16-19)32-15-11-9-7-2)33-26(27)25-22(29-4)17-20(28-3)18-23(25)30-5;/h12-13,16-18,33H,6-11,14-15H2,1-5H3;/q;+1. The summed E-state index contributed by atoms with van der Waals surface area (Å²) in [6.07, 6.45) is 6.49. The molecule has 6 nitrogen and oxygen atoms in total. The minimum absolute atomic E-state index is 0. The summed E-state index contributed by atoms with van der Waals surface area (Å²) in [7, 11) is 4.46. The Hall–Kier alpha value is -1.86. The largest absolute Gasteiger partial charge is 1.00 e. The van der Waals surface area contributed by atoms with Crippen molar-refractivity contribution in [2.45, 2.75) is 52.4 Å². The summed E-state index contributed by atoms with van der Waals surface area (Å²) in [5.74, 6) is 2.86. The van der Waals surface area contributed by atoms with Crippen molar-refractivity contribution in [3.05, 3.63) is 35.9 Å². The first-order chi connectivity index (χ1) is 16.1. The molecule has 0 saturated heterocycles. The Balaban J connectivity index is 0.00000578. The maximum Gasteiger partial charge on any atom is 1.00 e. The predicted octanol–water partition coefficient (Wildman–Crippen LogP) is 3.00. The maximum atomic E-state index is 13.4. The zero-order valence-electron chi connectivity index (χ0n) is 21.5. The molecule has 1 unspecified atom stereocenters. The third kappa shape index (κ3) is 9.06. The Morgan fingerprint density at radius 2 is 1.29 bits per heavy atom. The molecule has 0 aliphatic rings. The number of carbonyl (C=O) groups is 1. The zero-order chi connectivity index (χ0) is 24.1. The summed E-state index contributed by atoms with van der Waals surface area (Å²) in [4.78, 5) is 13.4. The van der Waals surface area contributed by atoms with Crippen molar-refractivity contribution in [1.29, 1.82) is 0 Å². The number of hydrogen-bond acceptors (Lipinski definition) is 6. The molecule has 0 aromatic heterocycles. The third-order valence-electron chi connectivity index (χ3n) is 5.17. The van der Waals surface area contributed by atoms with Gasteiger partial charge >= 0.3 is 18.9 Å². The van der Waals surface area contributed by atoms with Crippen LogP contribution in [0.4, 0.5) is 0 Å². The first-order valence-corrected chi connectivity index (χ1v) is 12.6. The Labute approximate surface area is 218 Å². The van der Waals surface area contributed by atoms with Gasteiger partial charge in [-0.2, -0.15) is 0 Å². The fraction of sp³-hybridized carbons (Fsp3) is 0.500. The molecule has 0 bridgehead atoms. The summed E-state index contributed by atoms with van der Waals surface area (Å²) in [5.41, 5.74) is 0.303. The van der Waals surface area contributed by atoms with E-state index in [4.69, 9.17) is 23.7 Å². The minimum Gasteiger partial charge on any atom is -0.496 e. The van der Waals surface area contributed by atoms with Gasteiger partial charge in [0.15, 0.2) is 5.52 Å². The zero-order valence-corrected chi connectivity index (χ0v) is 22.5. The number of unbranched alkanes of at least 4 members (excludes halogenated alkanes) is 4. The predicted molar refractivity (Wildman–Crippen MR) is 135 cm³/mol. The van der Waals surface area contributed by atoms with Gasteiger partial charge in [-0.05, 0) is 33.6 Å². The molecule has 1 atom stereocenters. The molecule has 0 amide bonds. The molecule has 2 aromatic rings. The second-order valence-corrected chi connectivity index (χ2v) is 8.87. The van der Waals surface area contributed by atoms with Crippen molar-refractivity contribution in [3.63, 3.8) is 0 Å². The first-order valence-electron chi connectivity index (χ1n) is 11.6. The molecule has 0 spiro atoms. The minimum atomic E-state index is -0.159. The molecule has 34 heavy (non-hydrogen) atoms. The van der Waals surface area contributed by atoms with Crippen LogP contribution >= 0.6 is 8.58 Å². The van der Waals surface area contributed by atoms with Crippen molar-refractivity contribution in [1.82, 2.24) is 0 Å². The van der Waals surface area contributed by atoms with Gasteiger partial charge < -0.3 is 23.7 Å². The normalized spacial score (nSPS) is 10.6. The molecular weight excluding hydrogens is 446 g/mol. The van der Waals surface area contributed by atoms with E-state index >= 15 is 0 Å². The van der Waals surface area contributed by atoms with Gasteiger partial charge in [-0.3, -0.25) is 4.79 Å². The van der Waals surface area contributed by atoms with Crippen LogP contribution in [0.25, 0.3) is 0 Å². The van der Waals surface area contributed by atoms with E-state index in [1.807, 2.05) is 18.2 Å². The Morgan fingerprint density at radius 1 is 0.735 bits per heavy atom. The Bertz CT molecular complexity index is 865. The van der Waals surface area contributed by atoms with Crippen LogP contribution in [0.5, 0.6) is 28.7 Å². The van der Waals surface area contributed by atoms with Gasteiger partial charge in [-0.15, -0.1) is 0 Å². The van der Waals surface area contributed by atoms with Crippen molar-refractivity contribution < 1.29 is 47.3 Å². The van der Waals surface area contributed by atoms with Gasteiger partial charge in [0.2, 0.25) is 0 Å². The molecule has 0 radical (unpaired) electrons. The summed E-state index contributed by atoms with van der Waals surface area (Å²) in [6.45, 7) is 5.60. The van der Waals surface area contributed by atoms with Gasteiger partial charge in [0.05, 0.1) is 34.5 Å². The van der Waals surface area contributed by atoms with E-state index in [2.05, 4.69) is 13.8 Å². The van der Waals surface area contributed by atoms with E-state index in [0.717, 1.165) is 49.6 Å². The summed E-state index contributed by atoms with van der Waals surface area (Å²) < 4.78 is 28.2. The SMILES string of the molecule is CCCCCOc1ccc(PC(=O)c2c(OC)cc(OC)cc2OC)c(OCCCCC)c1.[Li+]. The number of rotatable bonds is 16. The van der Waals surface area contributed by atoms with Gasteiger partial charge in [0.25, 0.3) is 0 Å². The molecule has 8 heteroatoms. The fourth-order valence-electron chi connectivity index (χ4n) is 3.31. The van der Waals surface area contributed by atoms with Gasteiger partial charge in [0.1, 0.15) is 34.3 Å². The average Bonchev–Trinajstić information content (AvgIpc) is 2.84. The van der Waals surface area contributed by atoms with E-state index in [1.165, 1.54) is 14.2 Å². The number of carbonyl (C=O) groups excluding carboxylic acids is 1. The van der Waals surface area contributed by atoms with Crippen molar-refractivity contribution in [3.8, 4) is 28.7 Å². The van der Waals surface area contributed by atoms with E-state index < -0.39 is 0 Å². The van der Waals surface area contributed by atoms with Crippen molar-refractivity contribution in [2.75, 3.05) is 34.5 Å². The van der Waals surface area contributed by atoms with Crippen LogP contribution in [0.1, 0.15) is 62.7 Å². The van der Waals surface area contributed by atoms with Gasteiger partial charge in [-0.1, -0.05) is 39.5 Å². The fourth-order valence-corrected chi connectivity index (χ4v) is 4.36. The second kappa shape index (κ2) is 16.7. The number of methoxy groups -OCH3 is 3. The van der Waals surface area contributed by atoms with Crippen LogP contribution in [0.3, 0.4) is 0 Å². The van der Waals surface area contributed by atoms with Crippen molar-refractivity contribution in [2.24, 2.45) is 0 Å². The third-order valence-corrected chi connectivity index (χ3v) is 6.32. The molecule has 0 heterocycles. The maximum absolute atomic E-state index is 13.4. The van der Waals surface area contributed by atoms with Crippen LogP contribution in [0.15, 0.2) is 30.3 Å². The molecule has 0 saturated carbocycles. The quantitative estimate of drug-likeness (QED) is 0.208. The monoisotopic (exact) mass is 483 g/mol. The van der Waals surface area contributed by atoms with Crippen LogP contribution in [0, 0.1) is 0 Å². The topological polar surface area (TPSA) is 63.2 Å². The number of hydrogen-bond donors (Lipinski definition) is 0. The number of ether oxygens (including phenoxy) is 5. The van der Waals surface area contributed by atoms with E-state index in [9.17, 15) is 4.79 Å². The summed E-state index contributed by atoms with van der Waals surface area (Å²) >= 11 is 0.